The number of halogens is 1. The highest BCUT2D eigenvalue weighted by molar-refractivity contribution is 6.31. The predicted octanol–water partition coefficient (Wildman–Crippen LogP) is 2.82. The van der Waals surface area contributed by atoms with Gasteiger partial charge in [-0.2, -0.15) is 0 Å². The van der Waals surface area contributed by atoms with E-state index in [1.807, 2.05) is 6.92 Å². The Morgan fingerprint density at radius 2 is 2.26 bits per heavy atom. The van der Waals surface area contributed by atoms with Crippen molar-refractivity contribution in [3.05, 3.63) is 34.9 Å². The first kappa shape index (κ1) is 14.2. The molecule has 102 valence electrons. The van der Waals surface area contributed by atoms with Gasteiger partial charge < -0.3 is 0 Å². The molecule has 1 unspecified atom stereocenters. The van der Waals surface area contributed by atoms with Crippen LogP contribution in [0.5, 0.6) is 0 Å². The molecule has 2 rings (SSSR count). The molecule has 1 saturated heterocycles. The first-order valence-electron chi connectivity index (χ1n) is 6.64. The second kappa shape index (κ2) is 6.31. The van der Waals surface area contributed by atoms with Crippen LogP contribution in [0.25, 0.3) is 0 Å². The molecule has 1 aliphatic rings. The zero-order valence-corrected chi connectivity index (χ0v) is 11.8. The summed E-state index contributed by atoms with van der Waals surface area (Å²) in [6.45, 7) is 3.76. The van der Waals surface area contributed by atoms with E-state index < -0.39 is 0 Å². The van der Waals surface area contributed by atoms with Crippen LogP contribution in [-0.4, -0.2) is 36.1 Å². The van der Waals surface area contributed by atoms with E-state index in [0.717, 1.165) is 6.42 Å². The molecule has 1 aromatic carbocycles. The van der Waals surface area contributed by atoms with Crippen molar-refractivity contribution in [2.75, 3.05) is 19.6 Å². The third-order valence-electron chi connectivity index (χ3n) is 3.61. The lowest BCUT2D eigenvalue weighted by molar-refractivity contribution is -0.126. The van der Waals surface area contributed by atoms with Gasteiger partial charge in [-0.25, -0.2) is 0 Å². The minimum absolute atomic E-state index is 0.0618. The van der Waals surface area contributed by atoms with Crippen molar-refractivity contribution in [2.24, 2.45) is 5.92 Å². The predicted molar refractivity (Wildman–Crippen MR) is 75.6 cm³/mol. The number of Topliss-reactive ketones (excluding diaryl/α,β-unsaturated/α-hetero) is 2. The molecule has 1 aliphatic heterocycles. The zero-order chi connectivity index (χ0) is 13.8. The number of carbonyl (C=O) groups excluding carboxylic acids is 2. The van der Waals surface area contributed by atoms with Gasteiger partial charge in [0.25, 0.3) is 0 Å². The molecule has 0 saturated carbocycles. The van der Waals surface area contributed by atoms with E-state index in [4.69, 9.17) is 11.6 Å². The monoisotopic (exact) mass is 279 g/mol. The molecule has 0 bridgehead atoms. The topological polar surface area (TPSA) is 37.4 Å². The minimum Gasteiger partial charge on any atom is -0.299 e. The molecule has 3 nitrogen and oxygen atoms in total. The van der Waals surface area contributed by atoms with Gasteiger partial charge in [0.05, 0.1) is 6.54 Å². The maximum atomic E-state index is 12.2. The van der Waals surface area contributed by atoms with E-state index in [0.29, 0.717) is 42.4 Å². The summed E-state index contributed by atoms with van der Waals surface area (Å²) in [7, 11) is 0. The van der Waals surface area contributed by atoms with Gasteiger partial charge in [-0.15, -0.1) is 0 Å². The van der Waals surface area contributed by atoms with Crippen LogP contribution in [0.15, 0.2) is 24.3 Å². The molecule has 1 aromatic rings. The lowest BCUT2D eigenvalue weighted by Crippen LogP contribution is -2.42. The Hall–Kier alpha value is -1.19. The standard InChI is InChI=1S/C15H18ClNO2/c1-2-11-9-17(7-6-14(11)18)10-15(19)12-4-3-5-13(16)8-12/h3-5,8,11H,2,6-7,9-10H2,1H3. The molecule has 19 heavy (non-hydrogen) atoms. The summed E-state index contributed by atoms with van der Waals surface area (Å²) in [6.07, 6.45) is 1.40. The van der Waals surface area contributed by atoms with E-state index in [2.05, 4.69) is 4.90 Å². The van der Waals surface area contributed by atoms with Crippen molar-refractivity contribution >= 4 is 23.2 Å². The van der Waals surface area contributed by atoms with Gasteiger partial charge in [-0.3, -0.25) is 14.5 Å². The third kappa shape index (κ3) is 3.64. The number of benzene rings is 1. The molecule has 0 spiro atoms. The van der Waals surface area contributed by atoms with E-state index in [9.17, 15) is 9.59 Å². The fourth-order valence-electron chi connectivity index (χ4n) is 2.43. The van der Waals surface area contributed by atoms with Crippen LogP contribution in [-0.2, 0) is 4.79 Å². The van der Waals surface area contributed by atoms with Gasteiger partial charge in [-0.1, -0.05) is 30.7 Å². The Kier molecular flexibility index (Phi) is 4.72. The van der Waals surface area contributed by atoms with Crippen LogP contribution < -0.4 is 0 Å². The van der Waals surface area contributed by atoms with Gasteiger partial charge in [0.1, 0.15) is 5.78 Å². The fourth-order valence-corrected chi connectivity index (χ4v) is 2.62. The summed E-state index contributed by atoms with van der Waals surface area (Å²) in [5, 5.41) is 0.575. The van der Waals surface area contributed by atoms with Crippen molar-refractivity contribution < 1.29 is 9.59 Å². The lowest BCUT2D eigenvalue weighted by atomic mass is 9.94. The quantitative estimate of drug-likeness (QED) is 0.796. The second-order valence-corrected chi connectivity index (χ2v) is 5.43. The van der Waals surface area contributed by atoms with Gasteiger partial charge in [-0.05, 0) is 18.6 Å². The molecule has 1 atom stereocenters. The normalized spacial score (nSPS) is 20.5. The smallest absolute Gasteiger partial charge is 0.176 e. The number of ketones is 2. The van der Waals surface area contributed by atoms with Crippen LogP contribution in [0.1, 0.15) is 30.1 Å². The molecule has 0 N–H and O–H groups in total. The molecule has 1 heterocycles. The van der Waals surface area contributed by atoms with Crippen molar-refractivity contribution in [3.8, 4) is 0 Å². The van der Waals surface area contributed by atoms with Crippen LogP contribution >= 0.6 is 11.6 Å². The maximum Gasteiger partial charge on any atom is 0.176 e. The van der Waals surface area contributed by atoms with E-state index in [1.165, 1.54) is 0 Å². The molecule has 1 fully saturated rings. The Morgan fingerprint density at radius 3 is 2.95 bits per heavy atom. The second-order valence-electron chi connectivity index (χ2n) is 4.99. The molecular formula is C15H18ClNO2. The number of nitrogens with zero attached hydrogens (tertiary/aromatic N) is 1. The first-order valence-corrected chi connectivity index (χ1v) is 7.01. The summed E-state index contributed by atoms with van der Waals surface area (Å²) in [4.78, 5) is 25.9. The summed E-state index contributed by atoms with van der Waals surface area (Å²) in [5.41, 5.74) is 0.637. The Bertz CT molecular complexity index is 487. The fraction of sp³-hybridized carbons (Fsp3) is 0.467. The average Bonchev–Trinajstić information content (AvgIpc) is 2.41. The Labute approximate surface area is 118 Å². The van der Waals surface area contributed by atoms with Crippen LogP contribution in [0, 0.1) is 5.92 Å². The largest absolute Gasteiger partial charge is 0.299 e. The van der Waals surface area contributed by atoms with Crippen LogP contribution in [0.2, 0.25) is 5.02 Å². The highest BCUT2D eigenvalue weighted by Gasteiger charge is 2.26. The number of carbonyl (C=O) groups is 2. The summed E-state index contributed by atoms with van der Waals surface area (Å²) in [5.74, 6) is 0.474. The number of piperidine rings is 1. The summed E-state index contributed by atoms with van der Waals surface area (Å²) >= 11 is 5.89. The van der Waals surface area contributed by atoms with E-state index in [1.54, 1.807) is 24.3 Å². The van der Waals surface area contributed by atoms with Crippen molar-refractivity contribution in [1.82, 2.24) is 4.90 Å². The van der Waals surface area contributed by atoms with Crippen molar-refractivity contribution in [1.29, 1.82) is 0 Å². The zero-order valence-electron chi connectivity index (χ0n) is 11.1. The Morgan fingerprint density at radius 1 is 1.47 bits per heavy atom. The lowest BCUT2D eigenvalue weighted by Gasteiger charge is -2.30. The highest BCUT2D eigenvalue weighted by Crippen LogP contribution is 2.17. The van der Waals surface area contributed by atoms with E-state index in [-0.39, 0.29) is 11.7 Å². The van der Waals surface area contributed by atoms with Crippen molar-refractivity contribution in [2.45, 2.75) is 19.8 Å². The number of hydrogen-bond donors (Lipinski definition) is 0. The van der Waals surface area contributed by atoms with Gasteiger partial charge in [0.2, 0.25) is 0 Å². The van der Waals surface area contributed by atoms with Crippen LogP contribution in [0.3, 0.4) is 0 Å². The van der Waals surface area contributed by atoms with Crippen molar-refractivity contribution in [3.63, 3.8) is 0 Å². The van der Waals surface area contributed by atoms with Crippen LogP contribution in [0.4, 0.5) is 0 Å². The van der Waals surface area contributed by atoms with E-state index >= 15 is 0 Å². The number of hydrogen-bond acceptors (Lipinski definition) is 3. The SMILES string of the molecule is CCC1CN(CC(=O)c2cccc(Cl)c2)CCC1=O. The molecule has 4 heteroatoms. The molecule has 0 aromatic heterocycles. The highest BCUT2D eigenvalue weighted by atomic mass is 35.5. The molecular weight excluding hydrogens is 262 g/mol. The minimum atomic E-state index is 0.0618. The van der Waals surface area contributed by atoms with Gasteiger partial charge >= 0.3 is 0 Å². The summed E-state index contributed by atoms with van der Waals surface area (Å²) in [6, 6.07) is 7.01. The number of likely N-dealkylation sites (tertiary alicyclic amines) is 1. The summed E-state index contributed by atoms with van der Waals surface area (Å²) < 4.78 is 0. The van der Waals surface area contributed by atoms with Gasteiger partial charge in [0.15, 0.2) is 5.78 Å². The molecule has 0 radical (unpaired) electrons. The average molecular weight is 280 g/mol. The molecule has 0 aliphatic carbocycles. The first-order chi connectivity index (χ1) is 9.10. The van der Waals surface area contributed by atoms with Gasteiger partial charge in [0, 0.05) is 36.0 Å². The Balaban J connectivity index is 1.98. The third-order valence-corrected chi connectivity index (χ3v) is 3.85. The maximum absolute atomic E-state index is 12.2. The molecule has 0 amide bonds. The number of rotatable bonds is 4.